The molecule has 2 aromatic carbocycles. The van der Waals surface area contributed by atoms with Crippen molar-refractivity contribution in [2.75, 3.05) is 31.9 Å². The van der Waals surface area contributed by atoms with E-state index in [4.69, 9.17) is 5.73 Å². The van der Waals surface area contributed by atoms with Crippen LogP contribution in [0.4, 0.5) is 10.2 Å². The number of benzene rings is 2. The Balaban J connectivity index is 1.44. The van der Waals surface area contributed by atoms with Crippen LogP contribution in [0, 0.1) is 5.82 Å². The molecule has 4 rings (SSSR count). The summed E-state index contributed by atoms with van der Waals surface area (Å²) in [5, 5.41) is 0.821. The van der Waals surface area contributed by atoms with Crippen LogP contribution < -0.4 is 5.73 Å². The number of halogens is 1. The Labute approximate surface area is 162 Å². The van der Waals surface area contributed by atoms with Crippen LogP contribution in [0.15, 0.2) is 53.4 Å². The summed E-state index contributed by atoms with van der Waals surface area (Å²) in [6.07, 6.45) is 0. The first-order valence-corrected chi connectivity index (χ1v) is 10.4. The third kappa shape index (κ3) is 3.68. The van der Waals surface area contributed by atoms with Gasteiger partial charge in [-0.2, -0.15) is 4.31 Å². The lowest BCUT2D eigenvalue weighted by Crippen LogP contribution is -2.48. The number of hydrogen-bond donors (Lipinski definition) is 1. The van der Waals surface area contributed by atoms with Crippen molar-refractivity contribution in [1.82, 2.24) is 19.2 Å². The monoisotopic (exact) mass is 401 g/mol. The van der Waals surface area contributed by atoms with Crippen LogP contribution in [-0.4, -0.2) is 53.8 Å². The molecule has 2 heterocycles. The summed E-state index contributed by atoms with van der Waals surface area (Å²) < 4.78 is 39.9. The molecule has 0 unspecified atom stereocenters. The SMILES string of the molecule is Nc1nc(CN2CCN(S(=O)(=O)c3ccc(F)cc3)CC2)nc2ccccc12. The number of nitrogen functional groups attached to an aromatic ring is 1. The molecule has 1 aliphatic rings. The largest absolute Gasteiger partial charge is 0.383 e. The van der Waals surface area contributed by atoms with Gasteiger partial charge < -0.3 is 5.73 Å². The lowest BCUT2D eigenvalue weighted by molar-refractivity contribution is 0.178. The quantitative estimate of drug-likeness (QED) is 0.717. The smallest absolute Gasteiger partial charge is 0.243 e. The van der Waals surface area contributed by atoms with Gasteiger partial charge in [-0.1, -0.05) is 12.1 Å². The Morgan fingerprint density at radius 2 is 1.64 bits per heavy atom. The third-order valence-corrected chi connectivity index (χ3v) is 6.74. The minimum Gasteiger partial charge on any atom is -0.383 e. The highest BCUT2D eigenvalue weighted by molar-refractivity contribution is 7.89. The van der Waals surface area contributed by atoms with Gasteiger partial charge in [0, 0.05) is 31.6 Å². The molecule has 2 N–H and O–H groups in total. The van der Waals surface area contributed by atoms with E-state index in [0.29, 0.717) is 44.4 Å². The van der Waals surface area contributed by atoms with Gasteiger partial charge in [-0.3, -0.25) is 4.90 Å². The van der Waals surface area contributed by atoms with Gasteiger partial charge in [-0.15, -0.1) is 0 Å². The van der Waals surface area contributed by atoms with Crippen LogP contribution in [0.5, 0.6) is 0 Å². The molecule has 0 saturated carbocycles. The van der Waals surface area contributed by atoms with E-state index in [1.807, 2.05) is 24.3 Å². The summed E-state index contributed by atoms with van der Waals surface area (Å²) in [5.41, 5.74) is 6.83. The predicted octanol–water partition coefficient (Wildman–Crippen LogP) is 1.86. The molecule has 0 radical (unpaired) electrons. The summed E-state index contributed by atoms with van der Waals surface area (Å²) >= 11 is 0. The number of sulfonamides is 1. The van der Waals surface area contributed by atoms with Gasteiger partial charge >= 0.3 is 0 Å². The van der Waals surface area contributed by atoms with Gasteiger partial charge in [0.05, 0.1) is 17.0 Å². The van der Waals surface area contributed by atoms with Crippen LogP contribution in [0.25, 0.3) is 10.9 Å². The van der Waals surface area contributed by atoms with Crippen molar-refractivity contribution in [1.29, 1.82) is 0 Å². The summed E-state index contributed by atoms with van der Waals surface area (Å²) in [4.78, 5) is 11.1. The normalized spacial score (nSPS) is 16.5. The summed E-state index contributed by atoms with van der Waals surface area (Å²) in [7, 11) is -3.62. The number of hydrogen-bond acceptors (Lipinski definition) is 6. The fourth-order valence-corrected chi connectivity index (χ4v) is 4.73. The topological polar surface area (TPSA) is 92.4 Å². The second kappa shape index (κ2) is 7.42. The first kappa shape index (κ1) is 18.7. The lowest BCUT2D eigenvalue weighted by Gasteiger charge is -2.33. The Hall–Kier alpha value is -2.62. The number of anilines is 1. The zero-order valence-corrected chi connectivity index (χ0v) is 15.9. The van der Waals surface area contributed by atoms with Crippen molar-refractivity contribution >= 4 is 26.7 Å². The maximum absolute atomic E-state index is 13.1. The second-order valence-electron chi connectivity index (χ2n) is 6.68. The van der Waals surface area contributed by atoms with Gasteiger partial charge in [0.25, 0.3) is 0 Å². The van der Waals surface area contributed by atoms with E-state index in [1.54, 1.807) is 0 Å². The zero-order valence-electron chi connectivity index (χ0n) is 15.1. The zero-order chi connectivity index (χ0) is 19.7. The van der Waals surface area contributed by atoms with E-state index in [9.17, 15) is 12.8 Å². The number of piperazine rings is 1. The fraction of sp³-hybridized carbons (Fsp3) is 0.263. The molecule has 0 spiro atoms. The number of aromatic nitrogens is 2. The maximum atomic E-state index is 13.1. The molecule has 0 bridgehead atoms. The number of rotatable bonds is 4. The first-order chi connectivity index (χ1) is 13.4. The number of para-hydroxylation sites is 1. The molecule has 1 aliphatic heterocycles. The van der Waals surface area contributed by atoms with Crippen LogP contribution in [0.3, 0.4) is 0 Å². The number of fused-ring (bicyclic) bond motifs is 1. The second-order valence-corrected chi connectivity index (χ2v) is 8.61. The van der Waals surface area contributed by atoms with Crippen LogP contribution >= 0.6 is 0 Å². The van der Waals surface area contributed by atoms with E-state index in [-0.39, 0.29) is 4.90 Å². The Bertz CT molecular complexity index is 1100. The molecule has 28 heavy (non-hydrogen) atoms. The van der Waals surface area contributed by atoms with E-state index >= 15 is 0 Å². The minimum atomic E-state index is -3.62. The van der Waals surface area contributed by atoms with E-state index in [1.165, 1.54) is 16.4 Å². The number of nitrogens with two attached hydrogens (primary N) is 1. The molecule has 0 atom stereocenters. The van der Waals surface area contributed by atoms with Gasteiger partial charge in [-0.25, -0.2) is 22.8 Å². The summed E-state index contributed by atoms with van der Waals surface area (Å²) in [5.74, 6) is 0.600. The maximum Gasteiger partial charge on any atom is 0.243 e. The average molecular weight is 401 g/mol. The fourth-order valence-electron chi connectivity index (χ4n) is 3.31. The van der Waals surface area contributed by atoms with Crippen molar-refractivity contribution in [2.45, 2.75) is 11.4 Å². The van der Waals surface area contributed by atoms with Crippen LogP contribution in [0.1, 0.15) is 5.82 Å². The first-order valence-electron chi connectivity index (χ1n) is 8.93. The van der Waals surface area contributed by atoms with Crippen molar-refractivity contribution < 1.29 is 12.8 Å². The predicted molar refractivity (Wildman–Crippen MR) is 104 cm³/mol. The standard InChI is InChI=1S/C19H20FN5O2S/c20-14-5-7-15(8-6-14)28(26,27)25-11-9-24(10-12-25)13-18-22-17-4-2-1-3-16(17)19(21)23-18/h1-8H,9-13H2,(H2,21,22,23). The molecular formula is C19H20FN5O2S. The molecule has 0 amide bonds. The van der Waals surface area contributed by atoms with Gasteiger partial charge in [0.1, 0.15) is 17.5 Å². The van der Waals surface area contributed by atoms with Crippen LogP contribution in [-0.2, 0) is 16.6 Å². The lowest BCUT2D eigenvalue weighted by atomic mass is 10.2. The molecule has 9 heteroatoms. The Kier molecular flexibility index (Phi) is 4.96. The highest BCUT2D eigenvalue weighted by Crippen LogP contribution is 2.20. The van der Waals surface area contributed by atoms with Crippen molar-refractivity contribution in [3.8, 4) is 0 Å². The Morgan fingerprint density at radius 3 is 2.36 bits per heavy atom. The Morgan fingerprint density at radius 1 is 0.964 bits per heavy atom. The van der Waals surface area contributed by atoms with Crippen molar-refractivity contribution in [3.63, 3.8) is 0 Å². The molecule has 0 aliphatic carbocycles. The van der Waals surface area contributed by atoms with E-state index in [2.05, 4.69) is 14.9 Å². The van der Waals surface area contributed by atoms with E-state index in [0.717, 1.165) is 23.0 Å². The molecule has 3 aromatic rings. The van der Waals surface area contributed by atoms with Crippen molar-refractivity contribution in [2.24, 2.45) is 0 Å². The van der Waals surface area contributed by atoms with Gasteiger partial charge in [-0.05, 0) is 36.4 Å². The third-order valence-electron chi connectivity index (χ3n) is 4.83. The highest BCUT2D eigenvalue weighted by atomic mass is 32.2. The van der Waals surface area contributed by atoms with Gasteiger partial charge in [0.15, 0.2) is 0 Å². The van der Waals surface area contributed by atoms with Gasteiger partial charge in [0.2, 0.25) is 10.0 Å². The molecule has 1 fully saturated rings. The summed E-state index contributed by atoms with van der Waals surface area (Å²) in [6.45, 7) is 2.30. The molecule has 1 saturated heterocycles. The summed E-state index contributed by atoms with van der Waals surface area (Å²) in [6, 6.07) is 12.5. The molecule has 146 valence electrons. The van der Waals surface area contributed by atoms with Crippen LogP contribution in [0.2, 0.25) is 0 Å². The van der Waals surface area contributed by atoms with Crippen molar-refractivity contribution in [3.05, 3.63) is 60.2 Å². The average Bonchev–Trinajstić information content (AvgIpc) is 2.69. The van der Waals surface area contributed by atoms with E-state index < -0.39 is 15.8 Å². The molecule has 7 nitrogen and oxygen atoms in total. The minimum absolute atomic E-state index is 0.105. The molecular weight excluding hydrogens is 381 g/mol. The molecule has 1 aromatic heterocycles. The number of nitrogens with zero attached hydrogens (tertiary/aromatic N) is 4. The highest BCUT2D eigenvalue weighted by Gasteiger charge is 2.28.